The molecule has 5 rings (SSSR count). The SMILES string of the molecule is CCC(C)c1ccc(OCCOc2ccc(-c3nc4sc5c(c4c(=O)[nH]3)CCCC5)cc2OC)cc1. The summed E-state index contributed by atoms with van der Waals surface area (Å²) >= 11 is 1.65. The number of nitrogens with one attached hydrogen (secondary N) is 1. The molecule has 1 atom stereocenters. The van der Waals surface area contributed by atoms with Crippen LogP contribution in [0.15, 0.2) is 47.3 Å². The zero-order chi connectivity index (χ0) is 25.1. The van der Waals surface area contributed by atoms with Gasteiger partial charge in [0.05, 0.1) is 12.5 Å². The highest BCUT2D eigenvalue weighted by atomic mass is 32.1. The topological polar surface area (TPSA) is 73.4 Å². The van der Waals surface area contributed by atoms with E-state index >= 15 is 0 Å². The Kier molecular flexibility index (Phi) is 7.28. The monoisotopic (exact) mass is 504 g/mol. The van der Waals surface area contributed by atoms with Crippen LogP contribution >= 0.6 is 11.3 Å². The van der Waals surface area contributed by atoms with Gasteiger partial charge in [-0.25, -0.2) is 4.98 Å². The normalized spacial score (nSPS) is 13.9. The molecule has 36 heavy (non-hydrogen) atoms. The van der Waals surface area contributed by atoms with Crippen molar-refractivity contribution in [2.75, 3.05) is 20.3 Å². The maximum Gasteiger partial charge on any atom is 0.260 e. The van der Waals surface area contributed by atoms with Gasteiger partial charge in [0.25, 0.3) is 5.56 Å². The zero-order valence-corrected chi connectivity index (χ0v) is 21.9. The molecule has 2 heterocycles. The first-order valence-electron chi connectivity index (χ1n) is 12.7. The van der Waals surface area contributed by atoms with E-state index < -0.39 is 0 Å². The average molecular weight is 505 g/mol. The second-order valence-corrected chi connectivity index (χ2v) is 10.3. The van der Waals surface area contributed by atoms with Crippen LogP contribution in [0.4, 0.5) is 0 Å². The first kappa shape index (κ1) is 24.4. The molecular weight excluding hydrogens is 472 g/mol. The largest absolute Gasteiger partial charge is 0.493 e. The molecule has 188 valence electrons. The van der Waals surface area contributed by atoms with Gasteiger partial charge in [0.2, 0.25) is 0 Å². The molecule has 1 N–H and O–H groups in total. The van der Waals surface area contributed by atoms with Crippen molar-refractivity contribution in [1.82, 2.24) is 9.97 Å². The number of methoxy groups -OCH3 is 1. The number of benzene rings is 2. The molecule has 1 aliphatic rings. The second kappa shape index (κ2) is 10.7. The predicted molar refractivity (Wildman–Crippen MR) is 145 cm³/mol. The molecule has 0 radical (unpaired) electrons. The molecule has 1 aliphatic carbocycles. The molecule has 0 bridgehead atoms. The van der Waals surface area contributed by atoms with E-state index in [1.54, 1.807) is 18.4 Å². The first-order valence-corrected chi connectivity index (χ1v) is 13.5. The van der Waals surface area contributed by atoms with Crippen molar-refractivity contribution in [1.29, 1.82) is 0 Å². The minimum atomic E-state index is -0.0666. The highest BCUT2D eigenvalue weighted by Crippen LogP contribution is 2.35. The van der Waals surface area contributed by atoms with Crippen LogP contribution in [0.25, 0.3) is 21.6 Å². The number of ether oxygens (including phenoxy) is 3. The Hall–Kier alpha value is -3.32. The van der Waals surface area contributed by atoms with Crippen LogP contribution in [-0.4, -0.2) is 30.3 Å². The van der Waals surface area contributed by atoms with E-state index in [1.165, 1.54) is 22.4 Å². The lowest BCUT2D eigenvalue weighted by Gasteiger charge is -2.13. The van der Waals surface area contributed by atoms with Crippen LogP contribution in [0.5, 0.6) is 17.2 Å². The second-order valence-electron chi connectivity index (χ2n) is 9.25. The summed E-state index contributed by atoms with van der Waals surface area (Å²) < 4.78 is 17.3. The van der Waals surface area contributed by atoms with Crippen LogP contribution < -0.4 is 19.8 Å². The Bertz CT molecular complexity index is 1410. The van der Waals surface area contributed by atoms with Crippen LogP contribution in [0.2, 0.25) is 0 Å². The summed E-state index contributed by atoms with van der Waals surface area (Å²) in [6, 6.07) is 13.8. The molecule has 2 aromatic carbocycles. The van der Waals surface area contributed by atoms with Crippen molar-refractivity contribution in [3.63, 3.8) is 0 Å². The third kappa shape index (κ3) is 4.98. The Balaban J connectivity index is 1.26. The number of aromatic amines is 1. The maximum absolute atomic E-state index is 12.9. The van der Waals surface area contributed by atoms with Gasteiger partial charge in [0, 0.05) is 10.4 Å². The summed E-state index contributed by atoms with van der Waals surface area (Å²) in [5.41, 5.74) is 3.22. The third-order valence-corrected chi connectivity index (χ3v) is 8.12. The summed E-state index contributed by atoms with van der Waals surface area (Å²) in [5, 5.41) is 0.764. The highest BCUT2D eigenvalue weighted by Gasteiger charge is 2.20. The molecular formula is C29H32N2O4S. The molecule has 6 nitrogen and oxygen atoms in total. The quantitative estimate of drug-likeness (QED) is 0.263. The minimum absolute atomic E-state index is 0.0666. The fourth-order valence-corrected chi connectivity index (χ4v) is 5.94. The molecule has 2 aromatic heterocycles. The summed E-state index contributed by atoms with van der Waals surface area (Å²) in [6.45, 7) is 5.22. The fraction of sp³-hybridized carbons (Fsp3) is 0.379. The Morgan fingerprint density at radius 2 is 1.81 bits per heavy atom. The molecule has 0 saturated heterocycles. The zero-order valence-electron chi connectivity index (χ0n) is 21.1. The summed E-state index contributed by atoms with van der Waals surface area (Å²) in [6.07, 6.45) is 5.43. The minimum Gasteiger partial charge on any atom is -0.493 e. The summed E-state index contributed by atoms with van der Waals surface area (Å²) in [5.74, 6) is 3.11. The van der Waals surface area contributed by atoms with Crippen LogP contribution in [0.3, 0.4) is 0 Å². The molecule has 0 amide bonds. The smallest absolute Gasteiger partial charge is 0.260 e. The molecule has 1 unspecified atom stereocenters. The van der Waals surface area contributed by atoms with Crippen molar-refractivity contribution >= 4 is 21.6 Å². The molecule has 4 aromatic rings. The number of rotatable bonds is 9. The number of hydrogen-bond acceptors (Lipinski definition) is 6. The molecule has 0 saturated carbocycles. The number of nitrogens with zero attached hydrogens (tertiary/aromatic N) is 1. The molecule has 0 spiro atoms. The van der Waals surface area contributed by atoms with E-state index in [1.807, 2.05) is 30.3 Å². The fourth-order valence-electron chi connectivity index (χ4n) is 4.67. The van der Waals surface area contributed by atoms with Gasteiger partial charge in [0.15, 0.2) is 11.5 Å². The lowest BCUT2D eigenvalue weighted by Crippen LogP contribution is -2.11. The van der Waals surface area contributed by atoms with Crippen LogP contribution in [0.1, 0.15) is 55.0 Å². The number of hydrogen-bond donors (Lipinski definition) is 1. The van der Waals surface area contributed by atoms with E-state index in [-0.39, 0.29) is 5.56 Å². The van der Waals surface area contributed by atoms with Gasteiger partial charge in [-0.1, -0.05) is 26.0 Å². The first-order chi connectivity index (χ1) is 17.6. The van der Waals surface area contributed by atoms with Crippen LogP contribution in [0, 0.1) is 0 Å². The van der Waals surface area contributed by atoms with Gasteiger partial charge in [-0.15, -0.1) is 11.3 Å². The standard InChI is InChI=1S/C29H32N2O4S/c1-4-18(2)19-9-12-21(13-10-19)34-15-16-35-23-14-11-20(17-24(23)33-3)27-30-28(32)26-22-7-5-6-8-25(22)36-29(26)31-27/h9-14,17-18H,4-8,15-16H2,1-3H3,(H,30,31,32). The molecule has 7 heteroatoms. The third-order valence-electron chi connectivity index (χ3n) is 6.93. The number of thiophene rings is 1. The molecule has 0 fully saturated rings. The van der Waals surface area contributed by atoms with E-state index in [4.69, 9.17) is 19.2 Å². The van der Waals surface area contributed by atoms with Crippen molar-refractivity contribution in [3.8, 4) is 28.6 Å². The van der Waals surface area contributed by atoms with E-state index in [0.29, 0.717) is 36.5 Å². The van der Waals surface area contributed by atoms with Gasteiger partial charge in [-0.2, -0.15) is 0 Å². The Morgan fingerprint density at radius 1 is 1.03 bits per heavy atom. The maximum atomic E-state index is 12.9. The molecule has 0 aliphatic heterocycles. The lowest BCUT2D eigenvalue weighted by atomic mass is 9.97. The van der Waals surface area contributed by atoms with E-state index in [0.717, 1.165) is 47.2 Å². The van der Waals surface area contributed by atoms with E-state index in [2.05, 4.69) is 31.0 Å². The van der Waals surface area contributed by atoms with Gasteiger partial charge >= 0.3 is 0 Å². The van der Waals surface area contributed by atoms with Gasteiger partial charge < -0.3 is 19.2 Å². The Labute approximate surface area is 215 Å². The van der Waals surface area contributed by atoms with Crippen molar-refractivity contribution in [3.05, 3.63) is 68.8 Å². The summed E-state index contributed by atoms with van der Waals surface area (Å²) in [7, 11) is 1.61. The number of fused-ring (bicyclic) bond motifs is 3. The number of H-pyrrole nitrogens is 1. The van der Waals surface area contributed by atoms with Crippen molar-refractivity contribution in [2.45, 2.75) is 51.9 Å². The summed E-state index contributed by atoms with van der Waals surface area (Å²) in [4.78, 5) is 22.8. The van der Waals surface area contributed by atoms with Gasteiger partial charge in [-0.3, -0.25) is 4.79 Å². The van der Waals surface area contributed by atoms with Gasteiger partial charge in [0.1, 0.15) is 29.6 Å². The lowest BCUT2D eigenvalue weighted by molar-refractivity contribution is 0.211. The predicted octanol–water partition coefficient (Wildman–Crippen LogP) is 6.51. The van der Waals surface area contributed by atoms with Gasteiger partial charge in [-0.05, 0) is 79.5 Å². The average Bonchev–Trinajstić information content (AvgIpc) is 3.30. The van der Waals surface area contributed by atoms with Crippen molar-refractivity contribution in [2.24, 2.45) is 0 Å². The van der Waals surface area contributed by atoms with Crippen LogP contribution in [-0.2, 0) is 12.8 Å². The van der Waals surface area contributed by atoms with Crippen molar-refractivity contribution < 1.29 is 14.2 Å². The Morgan fingerprint density at radius 3 is 2.58 bits per heavy atom. The number of aromatic nitrogens is 2. The number of aryl methyl sites for hydroxylation is 2. The van der Waals surface area contributed by atoms with E-state index in [9.17, 15) is 4.79 Å². The highest BCUT2D eigenvalue weighted by molar-refractivity contribution is 7.18.